The number of nitrogens with zero attached hydrogens (tertiary/aromatic N) is 3. The molecule has 31 nitrogen and oxygen atoms in total. The van der Waals surface area contributed by atoms with Crippen molar-refractivity contribution in [1.82, 2.24) is 72.2 Å². The molecule has 0 spiro atoms. The Morgan fingerprint density at radius 2 is 1.26 bits per heavy atom. The standard InChI is InChI=1S/C54H72N15O16PS/c1-5-28(3)46-51(82)56-25-39(71)61-36-27-87-53-32(23-34(48(79)55-26-40(72)65-46)62-52(83)47(29(4)6-2)66-50(81)37-8-7-19-67(37)54(84)35(24-45(77)78)63-49(36)80)31-22-30(9-10-33(31)64-53)60-38(70)15-16-57-86(85,58-17-20-68-41(73)11-12-42(68)74)59-18-21-69-43(75)13-14-44(69)76/h9-14,22,28-29,34-37,46-47,64H,5-8,15-21,23-27H2,1-4H3,(H,55,79)(H,56,82)(H,60,70)(H,61,71)(H,62,83)(H,63,80)(H,65,72)(H,66,81)(H,77,78)(H3,57,58,59,85)/t28-,29?,34-,35-,36-,37-,46-,47-/m0/s1. The molecule has 0 aliphatic carbocycles. The number of hydrogen-bond donors (Lipinski definition) is 13. The summed E-state index contributed by atoms with van der Waals surface area (Å²) < 4.78 is 14.2. The Kier molecular flexibility index (Phi) is 22.7. The van der Waals surface area contributed by atoms with E-state index in [1.54, 1.807) is 39.8 Å². The van der Waals surface area contributed by atoms with Gasteiger partial charge in [0.1, 0.15) is 36.3 Å². The SMILES string of the molecule is CCC(C)[C@@H]1NC(=O)[C@@H]2CCCN2C(=O)[C@H](CC(=O)O)NC(=O)[C@@H]2CSc3[nH]c4ccc(NC(=O)CCNP(=O)(NCCN5C(=O)C=CC5=O)NCCN5C(=O)C=CC5=O)cc4c3C[C@H](NC1=O)C(=O)NCC(=O)N[C@@H]([C@@H](C)CC)C(=O)NCC(=O)N2. The first-order valence-corrected chi connectivity index (χ1v) is 31.2. The predicted molar refractivity (Wildman–Crippen MR) is 311 cm³/mol. The number of benzene rings is 1. The summed E-state index contributed by atoms with van der Waals surface area (Å²) in [5.41, 5.74) is 0.862. The van der Waals surface area contributed by atoms with Crippen LogP contribution in [-0.4, -0.2) is 202 Å². The van der Waals surface area contributed by atoms with Crippen molar-refractivity contribution < 1.29 is 76.8 Å². The molecule has 1 saturated heterocycles. The molecule has 8 atom stereocenters. The summed E-state index contributed by atoms with van der Waals surface area (Å²) in [4.78, 5) is 195. The van der Waals surface area contributed by atoms with Crippen LogP contribution in [0.2, 0.25) is 0 Å². The number of imide groups is 2. The van der Waals surface area contributed by atoms with Gasteiger partial charge in [0.2, 0.25) is 53.2 Å². The van der Waals surface area contributed by atoms with Gasteiger partial charge in [-0.15, -0.1) is 11.8 Å². The van der Waals surface area contributed by atoms with E-state index in [4.69, 9.17) is 0 Å². The molecular formula is C54H72N15O16PS. The minimum absolute atomic E-state index is 0.0138. The first-order valence-electron chi connectivity index (χ1n) is 28.5. The van der Waals surface area contributed by atoms with Crippen molar-refractivity contribution in [3.05, 3.63) is 48.1 Å². The van der Waals surface area contributed by atoms with Crippen LogP contribution in [0, 0.1) is 11.8 Å². The van der Waals surface area contributed by atoms with Crippen molar-refractivity contribution in [1.29, 1.82) is 0 Å². The van der Waals surface area contributed by atoms with Crippen LogP contribution in [0.15, 0.2) is 47.5 Å². The minimum atomic E-state index is -3.90. The summed E-state index contributed by atoms with van der Waals surface area (Å²) in [6, 6.07) is -4.04. The third kappa shape index (κ3) is 17.2. The van der Waals surface area contributed by atoms with Crippen LogP contribution < -0.4 is 57.8 Å². The molecule has 0 radical (unpaired) electrons. The lowest BCUT2D eigenvalue weighted by Crippen LogP contribution is -2.61. The van der Waals surface area contributed by atoms with Crippen LogP contribution in [0.1, 0.15) is 71.8 Å². The molecule has 33 heteroatoms. The maximum atomic E-state index is 14.7. The molecule has 5 aliphatic rings. The fraction of sp³-hybridized carbons (Fsp3) is 0.519. The number of amides is 13. The van der Waals surface area contributed by atoms with Gasteiger partial charge < -0.3 is 57.5 Å². The number of fused-ring (bicyclic) bond motifs is 5. The molecule has 13 amide bonds. The number of anilines is 1. The molecule has 1 fully saturated rings. The van der Waals surface area contributed by atoms with Gasteiger partial charge in [-0.1, -0.05) is 40.5 Å². The van der Waals surface area contributed by atoms with E-state index in [0.29, 0.717) is 35.7 Å². The largest absolute Gasteiger partial charge is 0.481 e. The minimum Gasteiger partial charge on any atom is -0.481 e. The van der Waals surface area contributed by atoms with Crippen molar-refractivity contribution in [2.24, 2.45) is 11.8 Å². The summed E-state index contributed by atoms with van der Waals surface area (Å²) in [6.07, 6.45) is 3.82. The number of carboxylic acids is 1. The van der Waals surface area contributed by atoms with Crippen molar-refractivity contribution in [2.75, 3.05) is 63.4 Å². The van der Waals surface area contributed by atoms with Gasteiger partial charge in [-0.2, -0.15) is 0 Å². The number of rotatable bonds is 19. The zero-order valence-electron chi connectivity index (χ0n) is 48.2. The van der Waals surface area contributed by atoms with Crippen LogP contribution in [0.4, 0.5) is 5.69 Å². The lowest BCUT2D eigenvalue weighted by Gasteiger charge is -2.32. The van der Waals surface area contributed by atoms with Crippen LogP contribution in [0.25, 0.3) is 10.9 Å². The van der Waals surface area contributed by atoms with Gasteiger partial charge >= 0.3 is 5.97 Å². The number of carbonyl (C=O) groups excluding carboxylic acids is 13. The predicted octanol–water partition coefficient (Wildman–Crippen LogP) is -2.90. The van der Waals surface area contributed by atoms with Crippen molar-refractivity contribution in [2.45, 2.75) is 114 Å². The Morgan fingerprint density at radius 3 is 1.86 bits per heavy atom. The van der Waals surface area contributed by atoms with Gasteiger partial charge in [-0.25, -0.2) is 15.3 Å². The molecule has 1 unspecified atom stereocenters. The molecule has 1 aromatic carbocycles. The van der Waals surface area contributed by atoms with Gasteiger partial charge in [0.05, 0.1) is 24.5 Å². The van der Waals surface area contributed by atoms with Gasteiger partial charge in [-0.05, 0) is 48.4 Å². The molecular weight excluding hydrogens is 1180 g/mol. The van der Waals surface area contributed by atoms with E-state index >= 15 is 0 Å². The zero-order chi connectivity index (χ0) is 63.3. The lowest BCUT2D eigenvalue weighted by molar-refractivity contribution is -0.146. The number of carboxylic acid groups (broad SMARTS) is 1. The third-order valence-corrected chi connectivity index (χ3v) is 18.5. The number of aliphatic carboxylic acids is 1. The summed E-state index contributed by atoms with van der Waals surface area (Å²) in [5, 5.41) is 39.8. The van der Waals surface area contributed by atoms with Gasteiger partial charge in [0.15, 0.2) is 0 Å². The van der Waals surface area contributed by atoms with E-state index in [2.05, 4.69) is 62.8 Å². The quantitative estimate of drug-likeness (QED) is 0.0496. The smallest absolute Gasteiger partial charge is 0.305 e. The number of aromatic amines is 1. The van der Waals surface area contributed by atoms with E-state index in [9.17, 15) is 76.8 Å². The van der Waals surface area contributed by atoms with Crippen LogP contribution in [0.3, 0.4) is 0 Å². The summed E-state index contributed by atoms with van der Waals surface area (Å²) in [5.74, 6) is -12.8. The summed E-state index contributed by atoms with van der Waals surface area (Å²) in [6.45, 7) is 4.51. The second kappa shape index (κ2) is 29.9. The fourth-order valence-electron chi connectivity index (χ4n) is 10.2. The van der Waals surface area contributed by atoms with E-state index in [-0.39, 0.29) is 75.0 Å². The van der Waals surface area contributed by atoms with Crippen molar-refractivity contribution in [3.8, 4) is 0 Å². The number of aromatic nitrogens is 1. The van der Waals surface area contributed by atoms with Crippen molar-refractivity contribution >= 4 is 119 Å². The molecule has 2 aromatic rings. The van der Waals surface area contributed by atoms with E-state index in [0.717, 1.165) is 50.8 Å². The molecule has 470 valence electrons. The highest BCUT2D eigenvalue weighted by molar-refractivity contribution is 7.99. The van der Waals surface area contributed by atoms with Crippen LogP contribution in [-0.2, 0) is 78.1 Å². The molecule has 13 N–H and O–H groups in total. The average Bonchev–Trinajstić information content (AvgIpc) is 2.67. The summed E-state index contributed by atoms with van der Waals surface area (Å²) in [7, 11) is -3.90. The second-order valence-electron chi connectivity index (χ2n) is 21.4. The second-order valence-corrected chi connectivity index (χ2v) is 24.6. The van der Waals surface area contributed by atoms with E-state index < -0.39 is 158 Å². The number of hydrogen-bond acceptors (Lipinski definition) is 16. The topological polar surface area (TPSA) is 434 Å². The van der Waals surface area contributed by atoms with Crippen LogP contribution >= 0.6 is 19.4 Å². The molecule has 0 saturated carbocycles. The Bertz CT molecular complexity index is 3120. The molecule has 1 aromatic heterocycles. The van der Waals surface area contributed by atoms with Gasteiger partial charge in [-0.3, -0.25) is 81.5 Å². The number of nitrogens with one attached hydrogen (secondary N) is 12. The maximum absolute atomic E-state index is 14.7. The Labute approximate surface area is 503 Å². The van der Waals surface area contributed by atoms with Crippen molar-refractivity contribution in [3.63, 3.8) is 0 Å². The van der Waals surface area contributed by atoms with Crippen LogP contribution in [0.5, 0.6) is 0 Å². The molecule has 87 heavy (non-hydrogen) atoms. The normalized spacial score (nSPS) is 23.7. The number of H-pyrrole nitrogens is 1. The van der Waals surface area contributed by atoms with Gasteiger partial charge in [0.25, 0.3) is 31.2 Å². The maximum Gasteiger partial charge on any atom is 0.305 e. The highest BCUT2D eigenvalue weighted by atomic mass is 32.2. The zero-order valence-corrected chi connectivity index (χ0v) is 50.0. The average molecular weight is 1250 g/mol. The highest BCUT2D eigenvalue weighted by Crippen LogP contribution is 2.34. The van der Waals surface area contributed by atoms with E-state index in [1.165, 1.54) is 6.07 Å². The Balaban J connectivity index is 1.23. The number of carbonyl (C=O) groups is 14. The molecule has 2 bridgehead atoms. The molecule has 6 heterocycles. The molecule has 7 rings (SSSR count). The number of thioether (sulfide) groups is 1. The first-order chi connectivity index (χ1) is 41.4. The molecule has 5 aliphatic heterocycles. The third-order valence-electron chi connectivity index (χ3n) is 15.3. The summed E-state index contributed by atoms with van der Waals surface area (Å²) >= 11 is 0.937. The van der Waals surface area contributed by atoms with Gasteiger partial charge in [0, 0.05) is 98.8 Å². The first kappa shape index (κ1) is 66.2. The Morgan fingerprint density at radius 1 is 0.690 bits per heavy atom. The monoisotopic (exact) mass is 1250 g/mol. The lowest BCUT2D eigenvalue weighted by atomic mass is 9.96. The highest BCUT2D eigenvalue weighted by Gasteiger charge is 2.42. The fourth-order valence-corrected chi connectivity index (χ4v) is 12.9. The Hall–Kier alpha value is -8.32. The van der Waals surface area contributed by atoms with E-state index in [1.807, 2.05) is 0 Å².